The average Bonchev–Trinajstić information content (AvgIpc) is 2.31. The second kappa shape index (κ2) is 3.60. The average molecular weight is 182 g/mol. The van der Waals surface area contributed by atoms with Gasteiger partial charge in [0.2, 0.25) is 0 Å². The summed E-state index contributed by atoms with van der Waals surface area (Å²) in [7, 11) is 0. The van der Waals surface area contributed by atoms with Crippen LogP contribution in [0.3, 0.4) is 0 Å². The van der Waals surface area contributed by atoms with E-state index in [0.717, 1.165) is 11.3 Å². The maximum Gasteiger partial charge on any atom is 0.308 e. The van der Waals surface area contributed by atoms with Gasteiger partial charge in [0.05, 0.1) is 18.2 Å². The fourth-order valence-corrected chi connectivity index (χ4v) is 1.07. The zero-order valence-corrected chi connectivity index (χ0v) is 8.11. The number of aryl methyl sites for hydroxylation is 2. The van der Waals surface area contributed by atoms with Gasteiger partial charge < -0.3 is 5.11 Å². The summed E-state index contributed by atoms with van der Waals surface area (Å²) in [6.07, 6.45) is 1.87. The molecule has 1 atom stereocenters. The van der Waals surface area contributed by atoms with Crippen molar-refractivity contribution in [1.82, 2.24) is 9.78 Å². The molecule has 1 aromatic rings. The summed E-state index contributed by atoms with van der Waals surface area (Å²) in [4.78, 5) is 10.6. The second-order valence-corrected chi connectivity index (χ2v) is 3.36. The van der Waals surface area contributed by atoms with Crippen LogP contribution >= 0.6 is 0 Å². The first-order valence-electron chi connectivity index (χ1n) is 4.24. The van der Waals surface area contributed by atoms with E-state index in [4.69, 9.17) is 5.11 Å². The molecular formula is C9H14N2O2. The Morgan fingerprint density at radius 1 is 1.69 bits per heavy atom. The van der Waals surface area contributed by atoms with Crippen LogP contribution in [0.5, 0.6) is 0 Å². The smallest absolute Gasteiger partial charge is 0.308 e. The van der Waals surface area contributed by atoms with Crippen LogP contribution in [0.2, 0.25) is 0 Å². The number of carboxylic acids is 1. The van der Waals surface area contributed by atoms with Gasteiger partial charge in [-0.2, -0.15) is 5.10 Å². The molecule has 72 valence electrons. The van der Waals surface area contributed by atoms with Gasteiger partial charge in [0.1, 0.15) is 0 Å². The van der Waals surface area contributed by atoms with Gasteiger partial charge in [0.15, 0.2) is 0 Å². The first kappa shape index (κ1) is 9.77. The lowest BCUT2D eigenvalue weighted by molar-refractivity contribution is -0.141. The third-order valence-electron chi connectivity index (χ3n) is 2.07. The molecule has 1 heterocycles. The maximum absolute atomic E-state index is 10.6. The standard InChI is InChI=1S/C9H14N2O2/c1-6-4-11(10-8(6)3)5-7(2)9(12)13/h4,7H,5H2,1-3H3,(H,12,13). The molecule has 0 aromatic carbocycles. The molecule has 1 unspecified atom stereocenters. The van der Waals surface area contributed by atoms with E-state index < -0.39 is 11.9 Å². The minimum atomic E-state index is -0.786. The third kappa shape index (κ3) is 2.31. The number of aliphatic carboxylic acids is 1. The van der Waals surface area contributed by atoms with Crippen molar-refractivity contribution in [2.45, 2.75) is 27.3 Å². The Hall–Kier alpha value is -1.32. The number of carboxylic acid groups (broad SMARTS) is 1. The predicted octanol–water partition coefficient (Wildman–Crippen LogP) is 1.22. The lowest BCUT2D eigenvalue weighted by atomic mass is 10.2. The molecule has 0 aliphatic rings. The highest BCUT2D eigenvalue weighted by Gasteiger charge is 2.12. The van der Waals surface area contributed by atoms with E-state index in [9.17, 15) is 4.79 Å². The van der Waals surface area contributed by atoms with E-state index in [2.05, 4.69) is 5.10 Å². The number of hydrogen-bond donors (Lipinski definition) is 1. The molecule has 13 heavy (non-hydrogen) atoms. The molecule has 1 N–H and O–H groups in total. The van der Waals surface area contributed by atoms with Crippen LogP contribution < -0.4 is 0 Å². The molecule has 4 nitrogen and oxygen atoms in total. The van der Waals surface area contributed by atoms with Gasteiger partial charge in [-0.15, -0.1) is 0 Å². The first-order chi connectivity index (χ1) is 6.00. The molecule has 0 saturated heterocycles. The molecule has 1 aromatic heterocycles. The summed E-state index contributed by atoms with van der Waals surface area (Å²) < 4.78 is 1.68. The predicted molar refractivity (Wildman–Crippen MR) is 48.5 cm³/mol. The molecule has 0 saturated carbocycles. The molecule has 1 rings (SSSR count). The van der Waals surface area contributed by atoms with Crippen molar-refractivity contribution in [3.8, 4) is 0 Å². The first-order valence-corrected chi connectivity index (χ1v) is 4.24. The highest BCUT2D eigenvalue weighted by Crippen LogP contribution is 2.06. The highest BCUT2D eigenvalue weighted by molar-refractivity contribution is 5.69. The van der Waals surface area contributed by atoms with Crippen molar-refractivity contribution in [1.29, 1.82) is 0 Å². The van der Waals surface area contributed by atoms with Crippen LogP contribution in [0, 0.1) is 19.8 Å². The Morgan fingerprint density at radius 2 is 2.31 bits per heavy atom. The van der Waals surface area contributed by atoms with Crippen molar-refractivity contribution in [2.24, 2.45) is 5.92 Å². The molecule has 4 heteroatoms. The fourth-order valence-electron chi connectivity index (χ4n) is 1.07. The Balaban J connectivity index is 2.69. The lowest BCUT2D eigenvalue weighted by Gasteiger charge is -2.05. The summed E-state index contributed by atoms with van der Waals surface area (Å²) >= 11 is 0. The quantitative estimate of drug-likeness (QED) is 0.764. The number of nitrogens with zero attached hydrogens (tertiary/aromatic N) is 2. The molecular weight excluding hydrogens is 168 g/mol. The zero-order valence-electron chi connectivity index (χ0n) is 8.11. The second-order valence-electron chi connectivity index (χ2n) is 3.36. The van der Waals surface area contributed by atoms with E-state index in [1.54, 1.807) is 11.6 Å². The summed E-state index contributed by atoms with van der Waals surface area (Å²) in [5.74, 6) is -1.18. The minimum absolute atomic E-state index is 0.390. The van der Waals surface area contributed by atoms with Crippen LogP contribution in [0.15, 0.2) is 6.20 Å². The summed E-state index contributed by atoms with van der Waals surface area (Å²) in [5.41, 5.74) is 2.05. The van der Waals surface area contributed by atoms with E-state index >= 15 is 0 Å². The van der Waals surface area contributed by atoms with Gasteiger partial charge >= 0.3 is 5.97 Å². The molecule has 0 aliphatic carbocycles. The zero-order chi connectivity index (χ0) is 10.0. The van der Waals surface area contributed by atoms with Crippen molar-refractivity contribution < 1.29 is 9.90 Å². The number of aromatic nitrogens is 2. The van der Waals surface area contributed by atoms with E-state index in [1.165, 1.54) is 0 Å². The Bertz CT molecular complexity index is 298. The van der Waals surface area contributed by atoms with Crippen LogP contribution in [0.25, 0.3) is 0 Å². The van der Waals surface area contributed by atoms with Gasteiger partial charge in [-0.25, -0.2) is 0 Å². The Labute approximate surface area is 77.2 Å². The fraction of sp³-hybridized carbons (Fsp3) is 0.556. The van der Waals surface area contributed by atoms with E-state index in [-0.39, 0.29) is 0 Å². The van der Waals surface area contributed by atoms with Crippen molar-refractivity contribution in [3.05, 3.63) is 17.5 Å². The highest BCUT2D eigenvalue weighted by atomic mass is 16.4. The van der Waals surface area contributed by atoms with E-state index in [0.29, 0.717) is 6.54 Å². The topological polar surface area (TPSA) is 55.1 Å². The van der Waals surface area contributed by atoms with Crippen LogP contribution in [-0.4, -0.2) is 20.9 Å². The summed E-state index contributed by atoms with van der Waals surface area (Å²) in [5, 5.41) is 12.9. The largest absolute Gasteiger partial charge is 0.481 e. The van der Waals surface area contributed by atoms with Gasteiger partial charge in [-0.1, -0.05) is 6.92 Å². The SMILES string of the molecule is Cc1cn(CC(C)C(=O)O)nc1C. The van der Waals surface area contributed by atoms with Crippen LogP contribution in [0.1, 0.15) is 18.2 Å². The molecule has 0 aliphatic heterocycles. The van der Waals surface area contributed by atoms with Crippen LogP contribution in [-0.2, 0) is 11.3 Å². The monoisotopic (exact) mass is 182 g/mol. The molecule has 0 amide bonds. The third-order valence-corrected chi connectivity index (χ3v) is 2.07. The number of carbonyl (C=O) groups is 1. The lowest BCUT2D eigenvalue weighted by Crippen LogP contribution is -2.17. The van der Waals surface area contributed by atoms with Gasteiger partial charge in [0.25, 0.3) is 0 Å². The molecule has 0 bridgehead atoms. The van der Waals surface area contributed by atoms with Gasteiger partial charge in [-0.3, -0.25) is 9.48 Å². The number of rotatable bonds is 3. The van der Waals surface area contributed by atoms with Crippen molar-refractivity contribution in [2.75, 3.05) is 0 Å². The summed E-state index contributed by atoms with van der Waals surface area (Å²) in [6, 6.07) is 0. The number of hydrogen-bond acceptors (Lipinski definition) is 2. The van der Waals surface area contributed by atoms with E-state index in [1.807, 2.05) is 20.0 Å². The summed E-state index contributed by atoms with van der Waals surface area (Å²) in [6.45, 7) is 5.99. The van der Waals surface area contributed by atoms with Crippen LogP contribution in [0.4, 0.5) is 0 Å². The maximum atomic E-state index is 10.6. The molecule has 0 fully saturated rings. The normalized spacial score (nSPS) is 12.8. The minimum Gasteiger partial charge on any atom is -0.481 e. The Kier molecular flexibility index (Phi) is 2.70. The van der Waals surface area contributed by atoms with Gasteiger partial charge in [-0.05, 0) is 19.4 Å². The molecule has 0 radical (unpaired) electrons. The van der Waals surface area contributed by atoms with Gasteiger partial charge in [0, 0.05) is 6.20 Å². The Morgan fingerprint density at radius 3 is 2.69 bits per heavy atom. The molecule has 0 spiro atoms. The van der Waals surface area contributed by atoms with Crippen molar-refractivity contribution >= 4 is 5.97 Å². The van der Waals surface area contributed by atoms with Crippen molar-refractivity contribution in [3.63, 3.8) is 0 Å².